The van der Waals surface area contributed by atoms with Gasteiger partial charge in [0.1, 0.15) is 0 Å². The molecule has 1 saturated heterocycles. The summed E-state index contributed by atoms with van der Waals surface area (Å²) in [6, 6.07) is 13.0. The number of aromatic nitrogens is 2. The van der Waals surface area contributed by atoms with Crippen molar-refractivity contribution in [2.24, 2.45) is 7.05 Å². The molecule has 1 aliphatic heterocycles. The van der Waals surface area contributed by atoms with E-state index in [1.54, 1.807) is 0 Å². The van der Waals surface area contributed by atoms with Crippen LogP contribution < -0.4 is 0 Å². The molecule has 2 aromatic heterocycles. The van der Waals surface area contributed by atoms with Crippen molar-refractivity contribution in [2.75, 3.05) is 19.6 Å². The molecule has 1 fully saturated rings. The summed E-state index contributed by atoms with van der Waals surface area (Å²) in [5, 5.41) is 1.43. The number of aryl methyl sites for hydroxylation is 2. The summed E-state index contributed by atoms with van der Waals surface area (Å²) in [4.78, 5) is 6.72. The highest BCUT2D eigenvalue weighted by molar-refractivity contribution is 5.84. The topological polar surface area (TPSA) is 21.1 Å². The van der Waals surface area contributed by atoms with E-state index in [1.165, 1.54) is 54.5 Å². The Bertz CT molecular complexity index is 806. The van der Waals surface area contributed by atoms with Crippen LogP contribution in [0.4, 0.5) is 0 Å². The van der Waals surface area contributed by atoms with Crippen LogP contribution in [-0.2, 0) is 13.5 Å². The first-order valence-electron chi connectivity index (χ1n) is 8.96. The molecule has 0 amide bonds. The monoisotopic (exact) mass is 319 g/mol. The summed E-state index contributed by atoms with van der Waals surface area (Å²) >= 11 is 0. The highest BCUT2D eigenvalue weighted by Crippen LogP contribution is 2.33. The van der Waals surface area contributed by atoms with E-state index in [9.17, 15) is 0 Å². The van der Waals surface area contributed by atoms with Gasteiger partial charge in [-0.05, 0) is 67.6 Å². The molecule has 1 unspecified atom stereocenters. The molecule has 24 heavy (non-hydrogen) atoms. The Hall–Kier alpha value is -2.13. The Morgan fingerprint density at radius 3 is 2.83 bits per heavy atom. The van der Waals surface area contributed by atoms with Crippen molar-refractivity contribution in [3.63, 3.8) is 0 Å². The predicted octanol–water partition coefficient (Wildman–Crippen LogP) is 4.00. The van der Waals surface area contributed by atoms with Crippen molar-refractivity contribution in [1.82, 2.24) is 14.5 Å². The number of likely N-dealkylation sites (tertiary alicyclic amines) is 1. The van der Waals surface area contributed by atoms with Gasteiger partial charge in [0, 0.05) is 43.1 Å². The zero-order chi connectivity index (χ0) is 16.4. The molecular weight excluding hydrogens is 294 g/mol. The Balaban J connectivity index is 1.37. The van der Waals surface area contributed by atoms with E-state index in [0.717, 1.165) is 6.42 Å². The van der Waals surface area contributed by atoms with Gasteiger partial charge in [-0.1, -0.05) is 18.2 Å². The van der Waals surface area contributed by atoms with Crippen LogP contribution in [0.2, 0.25) is 0 Å². The van der Waals surface area contributed by atoms with Gasteiger partial charge in [0.25, 0.3) is 0 Å². The predicted molar refractivity (Wildman–Crippen MR) is 99.3 cm³/mol. The average molecular weight is 319 g/mol. The van der Waals surface area contributed by atoms with Gasteiger partial charge < -0.3 is 9.47 Å². The third-order valence-corrected chi connectivity index (χ3v) is 5.33. The number of hydrogen-bond acceptors (Lipinski definition) is 2. The molecule has 1 aliphatic rings. The Kier molecular flexibility index (Phi) is 4.35. The minimum absolute atomic E-state index is 0.678. The largest absolute Gasteiger partial charge is 0.350 e. The van der Waals surface area contributed by atoms with Crippen molar-refractivity contribution >= 4 is 10.9 Å². The highest BCUT2D eigenvalue weighted by Gasteiger charge is 2.25. The molecule has 3 heteroatoms. The van der Waals surface area contributed by atoms with E-state index in [-0.39, 0.29) is 0 Å². The van der Waals surface area contributed by atoms with Crippen molar-refractivity contribution < 1.29 is 0 Å². The Morgan fingerprint density at radius 2 is 1.96 bits per heavy atom. The van der Waals surface area contributed by atoms with E-state index in [0.29, 0.717) is 5.92 Å². The van der Waals surface area contributed by atoms with Crippen LogP contribution in [0.25, 0.3) is 10.9 Å². The van der Waals surface area contributed by atoms with Crippen LogP contribution in [0.5, 0.6) is 0 Å². The summed E-state index contributed by atoms with van der Waals surface area (Å²) in [6.45, 7) is 3.62. The average Bonchev–Trinajstić information content (AvgIpc) is 3.21. The highest BCUT2D eigenvalue weighted by atomic mass is 15.1. The molecule has 4 rings (SSSR count). The number of para-hydroxylation sites is 1. The number of hydrogen-bond donors (Lipinski definition) is 0. The maximum absolute atomic E-state index is 4.09. The standard InChI is InChI=1S/C21H25N3/c1-23-16-20(19-6-2-3-7-21(19)23)18-10-14-24(15-18)13-4-5-17-8-11-22-12-9-17/h2-3,6-9,11-12,16,18H,4-5,10,13-15H2,1H3. The van der Waals surface area contributed by atoms with Gasteiger partial charge in [-0.3, -0.25) is 4.98 Å². The summed E-state index contributed by atoms with van der Waals surface area (Å²) < 4.78 is 2.27. The second-order valence-corrected chi connectivity index (χ2v) is 6.96. The normalized spacial score (nSPS) is 18.5. The lowest BCUT2D eigenvalue weighted by Crippen LogP contribution is -2.22. The fraction of sp³-hybridized carbons (Fsp3) is 0.381. The van der Waals surface area contributed by atoms with Crippen molar-refractivity contribution in [3.05, 3.63) is 66.1 Å². The van der Waals surface area contributed by atoms with Crippen LogP contribution in [0.1, 0.15) is 29.9 Å². The van der Waals surface area contributed by atoms with Gasteiger partial charge >= 0.3 is 0 Å². The van der Waals surface area contributed by atoms with Crippen LogP contribution in [-0.4, -0.2) is 34.1 Å². The quantitative estimate of drug-likeness (QED) is 0.709. The first-order valence-corrected chi connectivity index (χ1v) is 8.96. The van der Waals surface area contributed by atoms with Crippen LogP contribution in [0.3, 0.4) is 0 Å². The van der Waals surface area contributed by atoms with Gasteiger partial charge in [0.15, 0.2) is 0 Å². The molecule has 0 radical (unpaired) electrons. The molecule has 0 N–H and O–H groups in total. The summed E-state index contributed by atoms with van der Waals surface area (Å²) in [6.07, 6.45) is 9.78. The van der Waals surface area contributed by atoms with Crippen molar-refractivity contribution in [3.8, 4) is 0 Å². The van der Waals surface area contributed by atoms with E-state index >= 15 is 0 Å². The smallest absolute Gasteiger partial charge is 0.0480 e. The molecule has 3 aromatic rings. The summed E-state index contributed by atoms with van der Waals surface area (Å²) in [7, 11) is 2.16. The molecule has 1 aromatic carbocycles. The molecule has 0 spiro atoms. The minimum atomic E-state index is 0.678. The Morgan fingerprint density at radius 1 is 1.12 bits per heavy atom. The van der Waals surface area contributed by atoms with Crippen LogP contribution >= 0.6 is 0 Å². The molecule has 0 aliphatic carbocycles. The number of nitrogens with zero attached hydrogens (tertiary/aromatic N) is 3. The third-order valence-electron chi connectivity index (χ3n) is 5.33. The number of benzene rings is 1. The van der Waals surface area contributed by atoms with E-state index < -0.39 is 0 Å². The van der Waals surface area contributed by atoms with E-state index in [2.05, 4.69) is 64.1 Å². The first-order chi connectivity index (χ1) is 11.8. The number of fused-ring (bicyclic) bond motifs is 1. The zero-order valence-electron chi connectivity index (χ0n) is 14.4. The van der Waals surface area contributed by atoms with Gasteiger partial charge in [-0.2, -0.15) is 0 Å². The second-order valence-electron chi connectivity index (χ2n) is 6.96. The SMILES string of the molecule is Cn1cc(C2CCN(CCCc3ccncc3)C2)c2ccccc21. The van der Waals surface area contributed by atoms with Gasteiger partial charge in [0.05, 0.1) is 0 Å². The van der Waals surface area contributed by atoms with E-state index in [1.807, 2.05) is 12.4 Å². The lowest BCUT2D eigenvalue weighted by molar-refractivity contribution is 0.330. The maximum Gasteiger partial charge on any atom is 0.0480 e. The van der Waals surface area contributed by atoms with E-state index in [4.69, 9.17) is 0 Å². The molecule has 124 valence electrons. The lowest BCUT2D eigenvalue weighted by Gasteiger charge is -2.15. The van der Waals surface area contributed by atoms with Gasteiger partial charge in [-0.15, -0.1) is 0 Å². The Labute approximate surface area is 143 Å². The van der Waals surface area contributed by atoms with Gasteiger partial charge in [-0.25, -0.2) is 0 Å². The van der Waals surface area contributed by atoms with Crippen LogP contribution in [0.15, 0.2) is 55.0 Å². The molecular formula is C21H25N3. The molecule has 0 saturated carbocycles. The maximum atomic E-state index is 4.09. The first kappa shape index (κ1) is 15.4. The second kappa shape index (κ2) is 6.78. The fourth-order valence-corrected chi connectivity index (χ4v) is 4.04. The zero-order valence-corrected chi connectivity index (χ0v) is 14.4. The van der Waals surface area contributed by atoms with Crippen LogP contribution in [0, 0.1) is 0 Å². The molecule has 3 heterocycles. The molecule has 3 nitrogen and oxygen atoms in total. The van der Waals surface area contributed by atoms with Crippen molar-refractivity contribution in [2.45, 2.75) is 25.2 Å². The molecule has 0 bridgehead atoms. The fourth-order valence-electron chi connectivity index (χ4n) is 4.04. The van der Waals surface area contributed by atoms with Gasteiger partial charge in [0.2, 0.25) is 0 Å². The lowest BCUT2D eigenvalue weighted by atomic mass is 9.98. The minimum Gasteiger partial charge on any atom is -0.350 e. The van der Waals surface area contributed by atoms with Crippen molar-refractivity contribution in [1.29, 1.82) is 0 Å². The number of pyridine rings is 1. The summed E-state index contributed by atoms with van der Waals surface area (Å²) in [5.41, 5.74) is 4.28. The molecule has 1 atom stereocenters. The number of rotatable bonds is 5. The third kappa shape index (κ3) is 3.09. The summed E-state index contributed by atoms with van der Waals surface area (Å²) in [5.74, 6) is 0.678.